The summed E-state index contributed by atoms with van der Waals surface area (Å²) >= 11 is 0. The highest BCUT2D eigenvalue weighted by Gasteiger charge is 2.38. The van der Waals surface area contributed by atoms with Gasteiger partial charge in [0.05, 0.1) is 11.9 Å². The monoisotopic (exact) mass is 360 g/mol. The number of likely N-dealkylation sites (tertiary alicyclic amines) is 1. The average molecular weight is 360 g/mol. The lowest BCUT2D eigenvalue weighted by Crippen LogP contribution is -2.46. The molecule has 1 unspecified atom stereocenters. The average Bonchev–Trinajstić information content (AvgIpc) is 3.14. The largest absolute Gasteiger partial charge is 0.469 e. The zero-order valence-corrected chi connectivity index (χ0v) is 15.2. The highest BCUT2D eigenvalue weighted by Crippen LogP contribution is 2.35. The van der Waals surface area contributed by atoms with Crippen LogP contribution >= 0.6 is 0 Å². The Bertz CT molecular complexity index is 737. The highest BCUT2D eigenvalue weighted by atomic mass is 19.1. The van der Waals surface area contributed by atoms with E-state index in [2.05, 4.69) is 18.8 Å². The number of hydrogen-bond donors (Lipinski definition) is 1. The van der Waals surface area contributed by atoms with E-state index >= 15 is 0 Å². The Hall–Kier alpha value is -2.21. The molecule has 0 aliphatic carbocycles. The quantitative estimate of drug-likeness (QED) is 0.830. The van der Waals surface area contributed by atoms with Crippen LogP contribution in [0.4, 0.5) is 4.39 Å². The number of rotatable bonds is 5. The normalized spacial score (nSPS) is 18.1. The minimum atomic E-state index is -1.27. The number of aromatic nitrogens is 1. The molecule has 6 heteroatoms. The maximum Gasteiger partial charge on any atom is 0.223 e. The lowest BCUT2D eigenvalue weighted by atomic mass is 9.84. The van der Waals surface area contributed by atoms with Crippen LogP contribution in [0, 0.1) is 11.9 Å². The maximum atomic E-state index is 13.9. The van der Waals surface area contributed by atoms with Gasteiger partial charge in [0.25, 0.3) is 0 Å². The van der Waals surface area contributed by atoms with Gasteiger partial charge in [0.1, 0.15) is 5.76 Å². The lowest BCUT2D eigenvalue weighted by molar-refractivity contribution is -0.136. The molecular weight excluding hydrogens is 335 g/mol. The first-order valence-corrected chi connectivity index (χ1v) is 9.05. The summed E-state index contributed by atoms with van der Waals surface area (Å²) in [6.07, 6.45) is 3.95. The van der Waals surface area contributed by atoms with Crippen LogP contribution in [0.15, 0.2) is 41.1 Å². The molecule has 1 aliphatic rings. The Morgan fingerprint density at radius 1 is 1.35 bits per heavy atom. The Labute approximate surface area is 152 Å². The van der Waals surface area contributed by atoms with E-state index in [0.717, 1.165) is 5.76 Å². The summed E-state index contributed by atoms with van der Waals surface area (Å²) in [6, 6.07) is 6.91. The lowest BCUT2D eigenvalue weighted by Gasteiger charge is -2.39. The van der Waals surface area contributed by atoms with Gasteiger partial charge in [-0.2, -0.15) is 4.39 Å². The minimum Gasteiger partial charge on any atom is -0.469 e. The van der Waals surface area contributed by atoms with Crippen molar-refractivity contribution in [3.8, 4) is 0 Å². The van der Waals surface area contributed by atoms with Gasteiger partial charge in [-0.3, -0.25) is 4.79 Å². The number of pyridine rings is 1. The second-order valence-corrected chi connectivity index (χ2v) is 7.32. The summed E-state index contributed by atoms with van der Waals surface area (Å²) in [4.78, 5) is 18.1. The van der Waals surface area contributed by atoms with E-state index in [1.165, 1.54) is 6.20 Å². The van der Waals surface area contributed by atoms with Crippen LogP contribution < -0.4 is 0 Å². The fourth-order valence-electron chi connectivity index (χ4n) is 3.61. The predicted octanol–water partition coefficient (Wildman–Crippen LogP) is 3.45. The Balaban J connectivity index is 1.64. The number of carbonyl (C=O) groups excluding carboxylic acids is 1. The number of furan rings is 1. The van der Waals surface area contributed by atoms with Gasteiger partial charge >= 0.3 is 0 Å². The summed E-state index contributed by atoms with van der Waals surface area (Å²) in [7, 11) is 0. The number of hydrogen-bond acceptors (Lipinski definition) is 4. The van der Waals surface area contributed by atoms with Crippen LogP contribution in [0.5, 0.6) is 0 Å². The SMILES string of the molecule is CC(C)C(CC(=O)N1CCC(O)(c2cccnc2F)CC1)c1ccco1. The van der Waals surface area contributed by atoms with Gasteiger partial charge in [-0.25, -0.2) is 4.98 Å². The zero-order chi connectivity index (χ0) is 18.7. The van der Waals surface area contributed by atoms with Gasteiger partial charge in [-0.1, -0.05) is 19.9 Å². The predicted molar refractivity (Wildman–Crippen MR) is 94.8 cm³/mol. The van der Waals surface area contributed by atoms with Crippen molar-refractivity contribution in [2.75, 3.05) is 13.1 Å². The van der Waals surface area contributed by atoms with Crippen LogP contribution in [0.25, 0.3) is 0 Å². The van der Waals surface area contributed by atoms with E-state index in [4.69, 9.17) is 4.42 Å². The van der Waals surface area contributed by atoms with Gasteiger partial charge in [0, 0.05) is 37.2 Å². The highest BCUT2D eigenvalue weighted by molar-refractivity contribution is 5.77. The van der Waals surface area contributed by atoms with Crippen molar-refractivity contribution in [2.45, 2.75) is 44.6 Å². The molecule has 1 saturated heterocycles. The molecule has 1 N–H and O–H groups in total. The number of halogens is 1. The molecule has 0 saturated carbocycles. The molecule has 1 aliphatic heterocycles. The second-order valence-electron chi connectivity index (χ2n) is 7.32. The van der Waals surface area contributed by atoms with Crippen LogP contribution in [0.1, 0.15) is 50.4 Å². The molecular formula is C20H25FN2O3. The molecule has 2 aromatic heterocycles. The van der Waals surface area contributed by atoms with E-state index in [1.807, 2.05) is 12.1 Å². The Morgan fingerprint density at radius 2 is 2.08 bits per heavy atom. The molecule has 1 fully saturated rings. The van der Waals surface area contributed by atoms with E-state index in [-0.39, 0.29) is 23.3 Å². The van der Waals surface area contributed by atoms with Gasteiger partial charge in [0.15, 0.2) is 0 Å². The molecule has 3 heterocycles. The smallest absolute Gasteiger partial charge is 0.223 e. The molecule has 3 rings (SSSR count). The number of piperidine rings is 1. The number of aliphatic hydroxyl groups is 1. The van der Waals surface area contributed by atoms with Crippen molar-refractivity contribution in [1.82, 2.24) is 9.88 Å². The number of carbonyl (C=O) groups is 1. The van der Waals surface area contributed by atoms with Crippen LogP contribution in [0.3, 0.4) is 0 Å². The van der Waals surface area contributed by atoms with E-state index < -0.39 is 11.5 Å². The summed E-state index contributed by atoms with van der Waals surface area (Å²) in [5.74, 6) is 0.506. The number of nitrogens with zero attached hydrogens (tertiary/aromatic N) is 2. The molecule has 2 aromatic rings. The Kier molecular flexibility index (Phi) is 5.41. The minimum absolute atomic E-state index is 0.0223. The first-order chi connectivity index (χ1) is 12.4. The molecule has 140 valence electrons. The second kappa shape index (κ2) is 7.58. The van der Waals surface area contributed by atoms with Crippen LogP contribution in [-0.4, -0.2) is 34.0 Å². The van der Waals surface area contributed by atoms with E-state index in [9.17, 15) is 14.3 Å². The van der Waals surface area contributed by atoms with Crippen LogP contribution in [-0.2, 0) is 10.4 Å². The summed E-state index contributed by atoms with van der Waals surface area (Å²) in [5, 5.41) is 10.8. The first-order valence-electron chi connectivity index (χ1n) is 9.05. The molecule has 1 amide bonds. The third-order valence-electron chi connectivity index (χ3n) is 5.31. The zero-order valence-electron chi connectivity index (χ0n) is 15.2. The van der Waals surface area contributed by atoms with Crippen molar-refractivity contribution in [2.24, 2.45) is 5.92 Å². The van der Waals surface area contributed by atoms with Crippen LogP contribution in [0.2, 0.25) is 0 Å². The van der Waals surface area contributed by atoms with Crippen molar-refractivity contribution in [1.29, 1.82) is 0 Å². The van der Waals surface area contributed by atoms with E-state index in [1.54, 1.807) is 23.3 Å². The van der Waals surface area contributed by atoms with Gasteiger partial charge in [0.2, 0.25) is 11.9 Å². The molecule has 0 radical (unpaired) electrons. The molecule has 5 nitrogen and oxygen atoms in total. The van der Waals surface area contributed by atoms with Gasteiger partial charge in [-0.15, -0.1) is 0 Å². The van der Waals surface area contributed by atoms with Gasteiger partial charge < -0.3 is 14.4 Å². The maximum absolute atomic E-state index is 13.9. The van der Waals surface area contributed by atoms with Crippen molar-refractivity contribution in [3.63, 3.8) is 0 Å². The molecule has 26 heavy (non-hydrogen) atoms. The van der Waals surface area contributed by atoms with Gasteiger partial charge in [-0.05, 0) is 37.0 Å². The number of amides is 1. The molecule has 1 atom stereocenters. The summed E-state index contributed by atoms with van der Waals surface area (Å²) in [6.45, 7) is 4.93. The fourth-order valence-corrected chi connectivity index (χ4v) is 3.61. The molecule has 0 bridgehead atoms. The fraction of sp³-hybridized carbons (Fsp3) is 0.500. The third-order valence-corrected chi connectivity index (χ3v) is 5.31. The first kappa shape index (κ1) is 18.6. The third kappa shape index (κ3) is 3.80. The molecule has 0 aromatic carbocycles. The molecule has 0 spiro atoms. The summed E-state index contributed by atoms with van der Waals surface area (Å²) in [5.41, 5.74) is -1.06. The van der Waals surface area contributed by atoms with Crippen molar-refractivity contribution in [3.05, 3.63) is 54.0 Å². The van der Waals surface area contributed by atoms with Crippen molar-refractivity contribution >= 4 is 5.91 Å². The summed E-state index contributed by atoms with van der Waals surface area (Å²) < 4.78 is 19.4. The standard InChI is InChI=1S/C20H25FN2O3/c1-14(2)15(17-6-4-12-26-17)13-18(24)23-10-7-20(25,8-11-23)16-5-3-9-22-19(16)21/h3-6,9,12,14-15,25H,7-8,10-11,13H2,1-2H3. The Morgan fingerprint density at radius 3 is 2.65 bits per heavy atom. The van der Waals surface area contributed by atoms with E-state index in [0.29, 0.717) is 32.4 Å². The topological polar surface area (TPSA) is 66.6 Å². The van der Waals surface area contributed by atoms with Crippen molar-refractivity contribution < 1.29 is 18.7 Å².